The average Bonchev–Trinajstić information content (AvgIpc) is 2.34. The molecule has 0 heterocycles. The lowest BCUT2D eigenvalue weighted by Crippen LogP contribution is -2.36. The number of rotatable bonds is 10. The first-order valence-electron chi connectivity index (χ1n) is 6.72. The van der Waals surface area contributed by atoms with Gasteiger partial charge in [0.1, 0.15) is 0 Å². The van der Waals surface area contributed by atoms with Crippen molar-refractivity contribution < 1.29 is 31.5 Å². The van der Waals surface area contributed by atoms with Gasteiger partial charge in [-0.3, -0.25) is 4.79 Å². The van der Waals surface area contributed by atoms with E-state index >= 15 is 0 Å². The van der Waals surface area contributed by atoms with Crippen molar-refractivity contribution in [2.24, 2.45) is 0 Å². The van der Waals surface area contributed by atoms with Crippen LogP contribution in [0.2, 0.25) is 0 Å². The van der Waals surface area contributed by atoms with E-state index in [1.807, 2.05) is 0 Å². The highest BCUT2D eigenvalue weighted by atomic mass is 19.4. The zero-order valence-corrected chi connectivity index (χ0v) is 11.6. The Morgan fingerprint density at radius 1 is 0.850 bits per heavy atom. The van der Waals surface area contributed by atoms with E-state index in [2.05, 4.69) is 4.74 Å². The van der Waals surface area contributed by atoms with Gasteiger partial charge >= 0.3 is 18.1 Å². The predicted octanol–water partition coefficient (Wildman–Crippen LogP) is 4.87. The van der Waals surface area contributed by atoms with Crippen LogP contribution in [0, 0.1) is 0 Å². The van der Waals surface area contributed by atoms with Crippen molar-refractivity contribution in [2.75, 3.05) is 7.11 Å². The molecule has 0 atom stereocenters. The number of methoxy groups -OCH3 is 1. The quantitative estimate of drug-likeness (QED) is 0.327. The lowest BCUT2D eigenvalue weighted by molar-refractivity contribution is -0.284. The van der Waals surface area contributed by atoms with Crippen molar-refractivity contribution in [3.05, 3.63) is 0 Å². The van der Waals surface area contributed by atoms with Gasteiger partial charge in [-0.05, 0) is 12.8 Å². The minimum absolute atomic E-state index is 0.130. The van der Waals surface area contributed by atoms with Gasteiger partial charge < -0.3 is 4.74 Å². The summed E-state index contributed by atoms with van der Waals surface area (Å²) in [6, 6.07) is 0. The van der Waals surface area contributed by atoms with E-state index in [0.717, 1.165) is 19.3 Å². The molecule has 0 bridgehead atoms. The monoisotopic (exact) mass is 304 g/mol. The minimum atomic E-state index is -5.44. The highest BCUT2D eigenvalue weighted by Gasteiger charge is 2.56. The van der Waals surface area contributed by atoms with Crippen LogP contribution in [0.25, 0.3) is 0 Å². The molecule has 0 unspecified atom stereocenters. The molecule has 0 aromatic carbocycles. The molecule has 0 aliphatic carbocycles. The van der Waals surface area contributed by atoms with Gasteiger partial charge in [0.05, 0.1) is 7.11 Å². The Labute approximate surface area is 115 Å². The van der Waals surface area contributed by atoms with Crippen LogP contribution in [0.3, 0.4) is 0 Å². The number of ether oxygens (including phenoxy) is 1. The fourth-order valence-electron chi connectivity index (χ4n) is 1.74. The molecule has 7 heteroatoms. The smallest absolute Gasteiger partial charge is 0.453 e. The number of hydrogen-bond acceptors (Lipinski definition) is 2. The van der Waals surface area contributed by atoms with Crippen LogP contribution in [0.1, 0.15) is 57.8 Å². The minimum Gasteiger partial charge on any atom is -0.469 e. The Morgan fingerprint density at radius 3 is 1.75 bits per heavy atom. The summed E-state index contributed by atoms with van der Waals surface area (Å²) in [5.41, 5.74) is 0. The number of hydrogen-bond donors (Lipinski definition) is 0. The van der Waals surface area contributed by atoms with Crippen LogP contribution in [-0.4, -0.2) is 25.2 Å². The molecule has 2 nitrogen and oxygen atoms in total. The highest BCUT2D eigenvalue weighted by Crippen LogP contribution is 2.39. The summed E-state index contributed by atoms with van der Waals surface area (Å²) in [4.78, 5) is 10.8. The molecule has 0 radical (unpaired) electrons. The molecule has 0 saturated heterocycles. The molecule has 0 amide bonds. The maximum Gasteiger partial charge on any atom is 0.453 e. The molecule has 0 aliphatic heterocycles. The third-order valence-corrected chi connectivity index (χ3v) is 3.01. The van der Waals surface area contributed by atoms with Crippen molar-refractivity contribution in [3.63, 3.8) is 0 Å². The molecule has 120 valence electrons. The number of halogens is 5. The Bertz CT molecular complexity index is 276. The van der Waals surface area contributed by atoms with Crippen LogP contribution in [0.5, 0.6) is 0 Å². The number of unbranched alkanes of at least 4 members (excludes halogenated alkanes) is 6. The molecule has 0 aromatic rings. The Hall–Kier alpha value is -0.880. The van der Waals surface area contributed by atoms with Gasteiger partial charge in [0, 0.05) is 12.8 Å². The van der Waals surface area contributed by atoms with E-state index in [0.29, 0.717) is 25.7 Å². The van der Waals surface area contributed by atoms with Crippen LogP contribution in [0.4, 0.5) is 22.0 Å². The predicted molar refractivity (Wildman–Crippen MR) is 64.6 cm³/mol. The highest BCUT2D eigenvalue weighted by molar-refractivity contribution is 5.68. The normalized spacial score (nSPS) is 12.5. The van der Waals surface area contributed by atoms with Crippen LogP contribution in [-0.2, 0) is 9.53 Å². The van der Waals surface area contributed by atoms with Gasteiger partial charge in [-0.1, -0.05) is 32.1 Å². The Kier molecular flexibility index (Phi) is 8.73. The average molecular weight is 304 g/mol. The molecule has 0 N–H and O–H groups in total. The van der Waals surface area contributed by atoms with Gasteiger partial charge in [0.2, 0.25) is 0 Å². The standard InChI is InChI=1S/C13H21F5O2/c1-20-11(19)9-7-5-3-2-4-6-8-10-12(14,15)13(16,17)18/h2-10H2,1H3. The fraction of sp³-hybridized carbons (Fsp3) is 0.923. The summed E-state index contributed by atoms with van der Waals surface area (Å²) in [5.74, 6) is -4.84. The third kappa shape index (κ3) is 8.32. The second-order valence-electron chi connectivity index (χ2n) is 4.75. The van der Waals surface area contributed by atoms with Gasteiger partial charge in [-0.15, -0.1) is 0 Å². The van der Waals surface area contributed by atoms with E-state index in [4.69, 9.17) is 0 Å². The van der Waals surface area contributed by atoms with Crippen molar-refractivity contribution >= 4 is 5.97 Å². The molecule has 0 rings (SSSR count). The third-order valence-electron chi connectivity index (χ3n) is 3.01. The second-order valence-corrected chi connectivity index (χ2v) is 4.75. The van der Waals surface area contributed by atoms with Crippen molar-refractivity contribution in [1.82, 2.24) is 0 Å². The number of alkyl halides is 5. The van der Waals surface area contributed by atoms with Crippen LogP contribution < -0.4 is 0 Å². The van der Waals surface area contributed by atoms with Gasteiger partial charge in [0.15, 0.2) is 0 Å². The van der Waals surface area contributed by atoms with E-state index in [1.165, 1.54) is 7.11 Å². The lowest BCUT2D eigenvalue weighted by atomic mass is 10.0. The van der Waals surface area contributed by atoms with E-state index in [-0.39, 0.29) is 12.4 Å². The summed E-state index contributed by atoms with van der Waals surface area (Å²) in [5, 5.41) is 0. The first-order chi connectivity index (χ1) is 9.20. The van der Waals surface area contributed by atoms with Crippen LogP contribution in [0.15, 0.2) is 0 Å². The summed E-state index contributed by atoms with van der Waals surface area (Å²) < 4.78 is 65.1. The van der Waals surface area contributed by atoms with E-state index < -0.39 is 18.5 Å². The summed E-state index contributed by atoms with van der Waals surface area (Å²) >= 11 is 0. The molecule has 0 saturated carbocycles. The maximum atomic E-state index is 12.5. The number of carbonyl (C=O) groups is 1. The largest absolute Gasteiger partial charge is 0.469 e. The van der Waals surface area contributed by atoms with Gasteiger partial charge in [-0.2, -0.15) is 22.0 Å². The second kappa shape index (κ2) is 9.13. The number of carbonyl (C=O) groups excluding carboxylic acids is 1. The Morgan fingerprint density at radius 2 is 1.30 bits per heavy atom. The fourth-order valence-corrected chi connectivity index (χ4v) is 1.74. The Balaban J connectivity index is 3.44. The first kappa shape index (κ1) is 19.1. The molecule has 0 spiro atoms. The van der Waals surface area contributed by atoms with Crippen molar-refractivity contribution in [2.45, 2.75) is 69.9 Å². The summed E-state index contributed by atoms with van der Waals surface area (Å²) in [6.07, 6.45) is -2.21. The molecule has 20 heavy (non-hydrogen) atoms. The molecular weight excluding hydrogens is 283 g/mol. The summed E-state index contributed by atoms with van der Waals surface area (Å²) in [7, 11) is 1.32. The number of esters is 1. The maximum absolute atomic E-state index is 12.5. The SMILES string of the molecule is COC(=O)CCCCCCCCCC(F)(F)C(F)(F)F. The zero-order valence-electron chi connectivity index (χ0n) is 11.6. The van der Waals surface area contributed by atoms with Crippen molar-refractivity contribution in [1.29, 1.82) is 0 Å². The van der Waals surface area contributed by atoms with E-state index in [9.17, 15) is 26.7 Å². The molecule has 0 aromatic heterocycles. The van der Waals surface area contributed by atoms with E-state index in [1.54, 1.807) is 0 Å². The molecular formula is C13H21F5O2. The molecule has 0 aliphatic rings. The van der Waals surface area contributed by atoms with Crippen LogP contribution >= 0.6 is 0 Å². The lowest BCUT2D eigenvalue weighted by Gasteiger charge is -2.19. The van der Waals surface area contributed by atoms with Crippen molar-refractivity contribution in [3.8, 4) is 0 Å². The molecule has 0 fully saturated rings. The van der Waals surface area contributed by atoms with Gasteiger partial charge in [0.25, 0.3) is 0 Å². The van der Waals surface area contributed by atoms with Gasteiger partial charge in [-0.25, -0.2) is 0 Å². The zero-order chi connectivity index (χ0) is 15.6. The topological polar surface area (TPSA) is 26.3 Å². The first-order valence-corrected chi connectivity index (χ1v) is 6.72. The summed E-state index contributed by atoms with van der Waals surface area (Å²) in [6.45, 7) is 0.